The van der Waals surface area contributed by atoms with Crippen molar-refractivity contribution in [2.24, 2.45) is 0 Å². The Morgan fingerprint density at radius 3 is 3.24 bits per heavy atom. The van der Waals surface area contributed by atoms with Gasteiger partial charge in [-0.1, -0.05) is 11.6 Å². The first-order valence-electron chi connectivity index (χ1n) is 5.39. The standard InChI is InChI=1S/C10H14ClN3O3/c1-6-2-12-3-7(17-6)4-16-10-8(11)9(15)13-5-14-10/h5-7,12H,2-4H2,1H3,(H,13,14,15). The third-order valence-electron chi connectivity index (χ3n) is 2.40. The fourth-order valence-corrected chi connectivity index (χ4v) is 1.77. The molecular weight excluding hydrogens is 246 g/mol. The predicted molar refractivity (Wildman–Crippen MR) is 62.6 cm³/mol. The lowest BCUT2D eigenvalue weighted by Gasteiger charge is -2.28. The van der Waals surface area contributed by atoms with Crippen LogP contribution in [0, 0.1) is 0 Å². The molecule has 2 atom stereocenters. The van der Waals surface area contributed by atoms with Crippen LogP contribution >= 0.6 is 11.6 Å². The SMILES string of the molecule is CC1CNCC(COc2nc[nH]c(=O)c2Cl)O1. The highest BCUT2D eigenvalue weighted by Crippen LogP contribution is 2.16. The van der Waals surface area contributed by atoms with Crippen molar-refractivity contribution in [2.75, 3.05) is 19.7 Å². The van der Waals surface area contributed by atoms with Crippen molar-refractivity contribution in [2.45, 2.75) is 19.1 Å². The molecule has 0 aliphatic carbocycles. The van der Waals surface area contributed by atoms with Crippen LogP contribution in [0.5, 0.6) is 5.88 Å². The third kappa shape index (κ3) is 3.18. The minimum absolute atomic E-state index is 0.0377. The quantitative estimate of drug-likeness (QED) is 0.810. The van der Waals surface area contributed by atoms with E-state index in [1.165, 1.54) is 6.33 Å². The Kier molecular flexibility index (Phi) is 3.98. The first kappa shape index (κ1) is 12.3. The lowest BCUT2D eigenvalue weighted by molar-refractivity contribution is -0.0476. The third-order valence-corrected chi connectivity index (χ3v) is 2.73. The molecule has 6 nitrogen and oxygen atoms in total. The monoisotopic (exact) mass is 259 g/mol. The molecule has 1 aliphatic rings. The first-order valence-corrected chi connectivity index (χ1v) is 5.76. The maximum atomic E-state index is 11.2. The second kappa shape index (κ2) is 5.48. The minimum Gasteiger partial charge on any atom is -0.474 e. The van der Waals surface area contributed by atoms with Gasteiger partial charge in [-0.3, -0.25) is 4.79 Å². The van der Waals surface area contributed by atoms with E-state index in [0.29, 0.717) is 13.2 Å². The van der Waals surface area contributed by atoms with Gasteiger partial charge in [0.25, 0.3) is 5.56 Å². The smallest absolute Gasteiger partial charge is 0.273 e. The molecule has 17 heavy (non-hydrogen) atoms. The largest absolute Gasteiger partial charge is 0.474 e. The highest BCUT2D eigenvalue weighted by atomic mass is 35.5. The topological polar surface area (TPSA) is 76.2 Å². The Balaban J connectivity index is 1.93. The summed E-state index contributed by atoms with van der Waals surface area (Å²) in [5.41, 5.74) is -0.410. The zero-order valence-corrected chi connectivity index (χ0v) is 10.2. The summed E-state index contributed by atoms with van der Waals surface area (Å²) in [6.07, 6.45) is 1.35. The number of aromatic amines is 1. The fraction of sp³-hybridized carbons (Fsp3) is 0.600. The van der Waals surface area contributed by atoms with Gasteiger partial charge in [0, 0.05) is 13.1 Å². The molecule has 0 saturated carbocycles. The van der Waals surface area contributed by atoms with Crippen molar-refractivity contribution in [1.82, 2.24) is 15.3 Å². The Hall–Kier alpha value is -1.11. The van der Waals surface area contributed by atoms with Crippen LogP contribution in [-0.4, -0.2) is 41.9 Å². The number of nitrogens with one attached hydrogen (secondary N) is 2. The van der Waals surface area contributed by atoms with Gasteiger partial charge in [0.05, 0.1) is 12.4 Å². The van der Waals surface area contributed by atoms with Crippen LogP contribution in [-0.2, 0) is 4.74 Å². The molecule has 0 radical (unpaired) electrons. The van der Waals surface area contributed by atoms with Crippen molar-refractivity contribution in [3.63, 3.8) is 0 Å². The number of halogens is 1. The van der Waals surface area contributed by atoms with Crippen molar-refractivity contribution >= 4 is 11.6 Å². The van der Waals surface area contributed by atoms with Gasteiger partial charge in [-0.2, -0.15) is 0 Å². The molecule has 1 aromatic rings. The summed E-state index contributed by atoms with van der Waals surface area (Å²) in [4.78, 5) is 17.4. The molecule has 94 valence electrons. The lowest BCUT2D eigenvalue weighted by Crippen LogP contribution is -2.46. The Bertz CT molecular complexity index is 437. The number of hydrogen-bond donors (Lipinski definition) is 2. The maximum absolute atomic E-state index is 11.2. The van der Waals surface area contributed by atoms with E-state index >= 15 is 0 Å². The minimum atomic E-state index is -0.410. The average Bonchev–Trinajstić information content (AvgIpc) is 2.31. The van der Waals surface area contributed by atoms with E-state index < -0.39 is 5.56 Å². The van der Waals surface area contributed by atoms with Crippen molar-refractivity contribution in [1.29, 1.82) is 0 Å². The molecule has 0 aromatic carbocycles. The van der Waals surface area contributed by atoms with E-state index in [1.54, 1.807) is 0 Å². The van der Waals surface area contributed by atoms with Crippen molar-refractivity contribution in [3.8, 4) is 5.88 Å². The normalized spacial score (nSPS) is 24.6. The fourth-order valence-electron chi connectivity index (χ4n) is 1.61. The number of ether oxygens (including phenoxy) is 2. The second-order valence-electron chi connectivity index (χ2n) is 3.89. The van der Waals surface area contributed by atoms with E-state index in [4.69, 9.17) is 21.1 Å². The molecule has 7 heteroatoms. The lowest BCUT2D eigenvalue weighted by atomic mass is 10.2. The molecule has 2 N–H and O–H groups in total. The zero-order valence-electron chi connectivity index (χ0n) is 9.40. The van der Waals surface area contributed by atoms with Gasteiger partial charge in [0.15, 0.2) is 5.02 Å². The summed E-state index contributed by atoms with van der Waals surface area (Å²) < 4.78 is 11.0. The molecule has 2 heterocycles. The Labute approximate surface area is 103 Å². The van der Waals surface area contributed by atoms with Crippen LogP contribution in [0.1, 0.15) is 6.92 Å². The van der Waals surface area contributed by atoms with Crippen LogP contribution in [0.3, 0.4) is 0 Å². The van der Waals surface area contributed by atoms with E-state index in [2.05, 4.69) is 15.3 Å². The number of morpholine rings is 1. The highest BCUT2D eigenvalue weighted by molar-refractivity contribution is 6.31. The number of hydrogen-bond acceptors (Lipinski definition) is 5. The van der Waals surface area contributed by atoms with Gasteiger partial charge in [-0.15, -0.1) is 0 Å². The van der Waals surface area contributed by atoms with E-state index in [-0.39, 0.29) is 23.1 Å². The number of rotatable bonds is 3. The molecule has 2 unspecified atom stereocenters. The molecule has 1 aromatic heterocycles. The van der Waals surface area contributed by atoms with Crippen LogP contribution in [0.2, 0.25) is 5.02 Å². The molecular formula is C10H14ClN3O3. The van der Waals surface area contributed by atoms with Crippen LogP contribution in [0.15, 0.2) is 11.1 Å². The van der Waals surface area contributed by atoms with Gasteiger partial charge < -0.3 is 19.8 Å². The predicted octanol–water partition coefficient (Wildman–Crippen LogP) is 0.179. The molecule has 0 spiro atoms. The van der Waals surface area contributed by atoms with Gasteiger partial charge in [-0.05, 0) is 6.92 Å². The van der Waals surface area contributed by atoms with E-state index in [1.807, 2.05) is 6.92 Å². The number of nitrogens with zero attached hydrogens (tertiary/aromatic N) is 1. The van der Waals surface area contributed by atoms with Crippen molar-refractivity contribution < 1.29 is 9.47 Å². The Morgan fingerprint density at radius 1 is 1.65 bits per heavy atom. The molecule has 2 rings (SSSR count). The molecule has 1 aliphatic heterocycles. The Morgan fingerprint density at radius 2 is 2.47 bits per heavy atom. The van der Waals surface area contributed by atoms with Gasteiger partial charge in [-0.25, -0.2) is 4.98 Å². The van der Waals surface area contributed by atoms with Gasteiger partial charge in [0.1, 0.15) is 12.7 Å². The summed E-state index contributed by atoms with van der Waals surface area (Å²) in [5.74, 6) is 0.136. The number of H-pyrrole nitrogens is 1. The summed E-state index contributed by atoms with van der Waals surface area (Å²) in [5, 5.41) is 3.18. The van der Waals surface area contributed by atoms with Crippen LogP contribution < -0.4 is 15.6 Å². The highest BCUT2D eigenvalue weighted by Gasteiger charge is 2.20. The molecule has 1 saturated heterocycles. The first-order chi connectivity index (χ1) is 8.16. The average molecular weight is 260 g/mol. The van der Waals surface area contributed by atoms with Crippen LogP contribution in [0.25, 0.3) is 0 Å². The van der Waals surface area contributed by atoms with Gasteiger partial charge >= 0.3 is 0 Å². The van der Waals surface area contributed by atoms with Crippen molar-refractivity contribution in [3.05, 3.63) is 21.7 Å². The molecule has 0 bridgehead atoms. The maximum Gasteiger partial charge on any atom is 0.273 e. The second-order valence-corrected chi connectivity index (χ2v) is 4.27. The summed E-state index contributed by atoms with van der Waals surface area (Å²) in [6.45, 7) is 3.84. The van der Waals surface area contributed by atoms with E-state index in [9.17, 15) is 4.79 Å². The zero-order chi connectivity index (χ0) is 12.3. The van der Waals surface area contributed by atoms with Crippen LogP contribution in [0.4, 0.5) is 0 Å². The van der Waals surface area contributed by atoms with Gasteiger partial charge in [0.2, 0.25) is 5.88 Å². The molecule has 0 amide bonds. The molecule has 1 fully saturated rings. The summed E-state index contributed by atoms with van der Waals surface area (Å²) in [6, 6.07) is 0. The summed E-state index contributed by atoms with van der Waals surface area (Å²) >= 11 is 5.75. The van der Waals surface area contributed by atoms with E-state index in [0.717, 1.165) is 6.54 Å². The number of aromatic nitrogens is 2. The summed E-state index contributed by atoms with van der Waals surface area (Å²) in [7, 11) is 0.